The Balaban J connectivity index is 0.000000226. The summed E-state index contributed by atoms with van der Waals surface area (Å²) < 4.78 is 35.6. The van der Waals surface area contributed by atoms with Crippen molar-refractivity contribution in [3.8, 4) is 34.5 Å². The predicted octanol–water partition coefficient (Wildman–Crippen LogP) is 11.5. The van der Waals surface area contributed by atoms with Crippen LogP contribution in [0.4, 0.5) is 0 Å². The maximum absolute atomic E-state index is 12.7. The first-order chi connectivity index (χ1) is 27.7. The molecule has 0 saturated carbocycles. The van der Waals surface area contributed by atoms with Crippen molar-refractivity contribution in [3.05, 3.63) is 59.7 Å². The normalized spacial score (nSPS) is 14.8. The molecule has 2 aliphatic heterocycles. The SMILES string of the molecule is CCC(=O)Oc1c2c(c3ccccc3c1OC(=O)CC)OC(C)(C)CC2.CCCCCC(=O)Oc1c2c(c3ccccc3c1OC(=O)CCCCC)OC(C)(C)CC2. The maximum atomic E-state index is 12.7. The summed E-state index contributed by atoms with van der Waals surface area (Å²) >= 11 is 0. The van der Waals surface area contributed by atoms with Crippen LogP contribution in [0.3, 0.4) is 0 Å². The number of carbonyl (C=O) groups excluding carboxylic acids is 4. The van der Waals surface area contributed by atoms with Gasteiger partial charge in [-0.2, -0.15) is 0 Å². The largest absolute Gasteiger partial charge is 0.487 e. The van der Waals surface area contributed by atoms with Crippen LogP contribution in [0.1, 0.15) is 144 Å². The second kappa shape index (κ2) is 19.6. The summed E-state index contributed by atoms with van der Waals surface area (Å²) in [5.74, 6) is 1.37. The van der Waals surface area contributed by atoms with Gasteiger partial charge in [-0.25, -0.2) is 0 Å². The van der Waals surface area contributed by atoms with Crippen LogP contribution in [0.2, 0.25) is 0 Å². The van der Waals surface area contributed by atoms with Crippen LogP contribution in [0, 0.1) is 0 Å². The van der Waals surface area contributed by atoms with Gasteiger partial charge in [0.25, 0.3) is 0 Å². The van der Waals surface area contributed by atoms with Gasteiger partial charge in [0.2, 0.25) is 0 Å². The molecular formula is C48H60O10. The Morgan fingerprint density at radius 2 is 0.845 bits per heavy atom. The molecule has 4 aromatic carbocycles. The molecule has 0 fully saturated rings. The molecule has 10 nitrogen and oxygen atoms in total. The molecule has 0 amide bonds. The fourth-order valence-corrected chi connectivity index (χ4v) is 7.16. The van der Waals surface area contributed by atoms with Gasteiger partial charge in [0.1, 0.15) is 22.7 Å². The third kappa shape index (κ3) is 10.7. The predicted molar refractivity (Wildman–Crippen MR) is 225 cm³/mol. The van der Waals surface area contributed by atoms with Gasteiger partial charge >= 0.3 is 23.9 Å². The van der Waals surface area contributed by atoms with Crippen molar-refractivity contribution in [2.75, 3.05) is 0 Å². The van der Waals surface area contributed by atoms with Gasteiger partial charge in [-0.3, -0.25) is 19.2 Å². The molecule has 6 rings (SSSR count). The number of esters is 4. The summed E-state index contributed by atoms with van der Waals surface area (Å²) in [5, 5.41) is 3.15. The summed E-state index contributed by atoms with van der Waals surface area (Å²) in [6.07, 6.45) is 9.63. The summed E-state index contributed by atoms with van der Waals surface area (Å²) in [4.78, 5) is 49.4. The minimum Gasteiger partial charge on any atom is -0.487 e. The van der Waals surface area contributed by atoms with E-state index < -0.39 is 0 Å². The number of unbranched alkanes of at least 4 members (excludes halogenated alkanes) is 4. The quantitative estimate of drug-likeness (QED) is 0.0692. The van der Waals surface area contributed by atoms with Crippen molar-refractivity contribution < 1.29 is 47.6 Å². The minimum atomic E-state index is -0.374. The molecule has 2 heterocycles. The molecule has 58 heavy (non-hydrogen) atoms. The number of rotatable bonds is 14. The standard InChI is InChI=1S/C27H36O5.C21H24O5/c1-5-7-9-15-22(28)30-25-20-14-12-11-13-19(20)24-21(17-18-27(3,4)32-24)26(25)31-23(29)16-10-8-6-2;1-5-16(22)24-19-14-10-8-7-9-13(14)18-15(11-12-21(3,4)26-18)20(19)25-17(23)6-2/h11-14H,5-10,15-18H2,1-4H3;7-10H,5-6,11-12H2,1-4H3. The zero-order valence-electron chi connectivity index (χ0n) is 35.6. The molecule has 0 saturated heterocycles. The summed E-state index contributed by atoms with van der Waals surface area (Å²) in [6.45, 7) is 15.8. The van der Waals surface area contributed by atoms with Gasteiger partial charge < -0.3 is 28.4 Å². The van der Waals surface area contributed by atoms with Crippen molar-refractivity contribution in [1.29, 1.82) is 0 Å². The van der Waals surface area contributed by atoms with Gasteiger partial charge in [0, 0.05) is 58.4 Å². The highest BCUT2D eigenvalue weighted by atomic mass is 16.6. The molecule has 312 valence electrons. The highest BCUT2D eigenvalue weighted by molar-refractivity contribution is 6.01. The lowest BCUT2D eigenvalue weighted by Crippen LogP contribution is -2.33. The second-order valence-corrected chi connectivity index (χ2v) is 16.3. The first kappa shape index (κ1) is 44.0. The fraction of sp³-hybridized carbons (Fsp3) is 0.500. The molecule has 0 radical (unpaired) electrons. The van der Waals surface area contributed by atoms with Crippen LogP contribution < -0.4 is 28.4 Å². The van der Waals surface area contributed by atoms with Crippen molar-refractivity contribution in [2.45, 2.75) is 156 Å². The number of benzene rings is 4. The van der Waals surface area contributed by atoms with E-state index in [9.17, 15) is 19.2 Å². The Morgan fingerprint density at radius 1 is 0.500 bits per heavy atom. The van der Waals surface area contributed by atoms with E-state index in [1.165, 1.54) is 0 Å². The maximum Gasteiger partial charge on any atom is 0.311 e. The van der Waals surface area contributed by atoms with E-state index in [2.05, 4.69) is 27.7 Å². The molecule has 0 N–H and O–H groups in total. The van der Waals surface area contributed by atoms with Gasteiger partial charge in [-0.05, 0) is 66.2 Å². The Bertz CT molecular complexity index is 2130. The van der Waals surface area contributed by atoms with E-state index in [0.717, 1.165) is 84.4 Å². The van der Waals surface area contributed by atoms with Crippen LogP contribution >= 0.6 is 0 Å². The highest BCUT2D eigenvalue weighted by Gasteiger charge is 2.35. The minimum absolute atomic E-state index is 0.231. The average Bonchev–Trinajstić information content (AvgIpc) is 3.20. The third-order valence-electron chi connectivity index (χ3n) is 10.5. The molecule has 4 aromatic rings. The van der Waals surface area contributed by atoms with E-state index in [1.54, 1.807) is 13.8 Å². The molecule has 0 spiro atoms. The lowest BCUT2D eigenvalue weighted by atomic mass is 9.91. The van der Waals surface area contributed by atoms with E-state index in [1.807, 2.05) is 62.4 Å². The van der Waals surface area contributed by atoms with Crippen LogP contribution in [0.15, 0.2) is 48.5 Å². The van der Waals surface area contributed by atoms with Crippen LogP contribution in [0.5, 0.6) is 34.5 Å². The Labute approximate surface area is 342 Å². The average molecular weight is 797 g/mol. The van der Waals surface area contributed by atoms with Gasteiger partial charge in [-0.1, -0.05) is 102 Å². The molecule has 0 unspecified atom stereocenters. The molecule has 2 aliphatic rings. The van der Waals surface area contributed by atoms with E-state index in [0.29, 0.717) is 59.8 Å². The van der Waals surface area contributed by atoms with Crippen molar-refractivity contribution in [3.63, 3.8) is 0 Å². The summed E-state index contributed by atoms with van der Waals surface area (Å²) in [5.41, 5.74) is 0.951. The number of hydrogen-bond acceptors (Lipinski definition) is 10. The van der Waals surface area contributed by atoms with Crippen LogP contribution in [-0.4, -0.2) is 35.1 Å². The lowest BCUT2D eigenvalue weighted by molar-refractivity contribution is -0.137. The van der Waals surface area contributed by atoms with Crippen LogP contribution in [-0.2, 0) is 32.0 Å². The van der Waals surface area contributed by atoms with Gasteiger partial charge in [-0.15, -0.1) is 0 Å². The number of carbonyl (C=O) groups is 4. The van der Waals surface area contributed by atoms with E-state index >= 15 is 0 Å². The number of fused-ring (bicyclic) bond motifs is 6. The van der Waals surface area contributed by atoms with Crippen molar-refractivity contribution in [2.24, 2.45) is 0 Å². The molecule has 0 bridgehead atoms. The molecule has 0 aromatic heterocycles. The highest BCUT2D eigenvalue weighted by Crippen LogP contribution is 2.52. The fourth-order valence-electron chi connectivity index (χ4n) is 7.16. The summed E-state index contributed by atoms with van der Waals surface area (Å²) in [6, 6.07) is 15.3. The van der Waals surface area contributed by atoms with Crippen LogP contribution in [0.25, 0.3) is 21.5 Å². The monoisotopic (exact) mass is 796 g/mol. The molecule has 0 aliphatic carbocycles. The zero-order valence-corrected chi connectivity index (χ0v) is 35.6. The lowest BCUT2D eigenvalue weighted by Gasteiger charge is -2.34. The van der Waals surface area contributed by atoms with E-state index in [-0.39, 0.29) is 47.9 Å². The molecule has 10 heteroatoms. The molecule has 0 atom stereocenters. The Morgan fingerprint density at radius 3 is 1.22 bits per heavy atom. The topological polar surface area (TPSA) is 124 Å². The smallest absolute Gasteiger partial charge is 0.311 e. The van der Waals surface area contributed by atoms with Crippen molar-refractivity contribution in [1.82, 2.24) is 0 Å². The van der Waals surface area contributed by atoms with Gasteiger partial charge in [0.15, 0.2) is 23.0 Å². The Kier molecular flexibility index (Phi) is 14.8. The van der Waals surface area contributed by atoms with Crippen molar-refractivity contribution >= 4 is 45.4 Å². The number of hydrogen-bond donors (Lipinski definition) is 0. The van der Waals surface area contributed by atoms with Gasteiger partial charge in [0.05, 0.1) is 0 Å². The molecular weight excluding hydrogens is 737 g/mol. The summed E-state index contributed by atoms with van der Waals surface area (Å²) in [7, 11) is 0. The second-order valence-electron chi connectivity index (χ2n) is 16.3. The first-order valence-electron chi connectivity index (χ1n) is 21.1. The Hall–Kier alpha value is -5.12. The van der Waals surface area contributed by atoms with E-state index in [4.69, 9.17) is 28.4 Å². The third-order valence-corrected chi connectivity index (χ3v) is 10.5. The first-order valence-corrected chi connectivity index (χ1v) is 21.1. The number of ether oxygens (including phenoxy) is 6. The zero-order chi connectivity index (χ0) is 42.0.